The fourth-order valence-electron chi connectivity index (χ4n) is 3.10. The fourth-order valence-corrected chi connectivity index (χ4v) is 3.10. The predicted molar refractivity (Wildman–Crippen MR) is 68.3 cm³/mol. The Morgan fingerprint density at radius 3 is 2.56 bits per heavy atom. The molecular formula is C13H20N4O. The van der Waals surface area contributed by atoms with Crippen LogP contribution in [0.1, 0.15) is 36.2 Å². The van der Waals surface area contributed by atoms with Crippen molar-refractivity contribution in [2.45, 2.75) is 31.7 Å². The van der Waals surface area contributed by atoms with Gasteiger partial charge in [-0.3, -0.25) is 9.69 Å². The van der Waals surface area contributed by atoms with E-state index in [2.05, 4.69) is 14.9 Å². The third-order valence-corrected chi connectivity index (χ3v) is 4.17. The maximum absolute atomic E-state index is 12.1. The van der Waals surface area contributed by atoms with Gasteiger partial charge in [0.15, 0.2) is 0 Å². The van der Waals surface area contributed by atoms with Crippen LogP contribution in [0, 0.1) is 0 Å². The van der Waals surface area contributed by atoms with Crippen molar-refractivity contribution in [2.75, 3.05) is 26.2 Å². The van der Waals surface area contributed by atoms with E-state index in [1.807, 2.05) is 4.90 Å². The molecule has 2 fully saturated rings. The lowest BCUT2D eigenvalue weighted by Crippen LogP contribution is -2.51. The van der Waals surface area contributed by atoms with Gasteiger partial charge in [-0.15, -0.1) is 0 Å². The number of nitrogens with one attached hydrogen (secondary N) is 1. The van der Waals surface area contributed by atoms with Crippen LogP contribution in [0.4, 0.5) is 0 Å². The lowest BCUT2D eigenvalue weighted by Gasteiger charge is -2.37. The van der Waals surface area contributed by atoms with E-state index in [1.54, 1.807) is 12.5 Å². The Hall–Kier alpha value is -1.36. The summed E-state index contributed by atoms with van der Waals surface area (Å²) < 4.78 is 0. The summed E-state index contributed by atoms with van der Waals surface area (Å²) in [6, 6.07) is 0.773. The van der Waals surface area contributed by atoms with E-state index in [1.165, 1.54) is 25.7 Å². The van der Waals surface area contributed by atoms with Gasteiger partial charge in [0.2, 0.25) is 0 Å². The molecular weight excluding hydrogens is 228 g/mol. The van der Waals surface area contributed by atoms with Gasteiger partial charge in [0.1, 0.15) is 5.69 Å². The van der Waals surface area contributed by atoms with Gasteiger partial charge in [0.25, 0.3) is 5.91 Å². The monoisotopic (exact) mass is 248 g/mol. The number of hydrogen-bond donors (Lipinski definition) is 1. The highest BCUT2D eigenvalue weighted by atomic mass is 16.2. The van der Waals surface area contributed by atoms with Gasteiger partial charge >= 0.3 is 0 Å². The van der Waals surface area contributed by atoms with Crippen LogP contribution >= 0.6 is 0 Å². The van der Waals surface area contributed by atoms with Crippen molar-refractivity contribution in [3.63, 3.8) is 0 Å². The Labute approximate surface area is 107 Å². The summed E-state index contributed by atoms with van der Waals surface area (Å²) >= 11 is 0. The number of nitrogens with zero attached hydrogens (tertiary/aromatic N) is 3. The Morgan fingerprint density at radius 1 is 1.22 bits per heavy atom. The van der Waals surface area contributed by atoms with Gasteiger partial charge in [-0.05, 0) is 12.8 Å². The maximum Gasteiger partial charge on any atom is 0.272 e. The zero-order valence-corrected chi connectivity index (χ0v) is 10.6. The van der Waals surface area contributed by atoms with E-state index in [0.29, 0.717) is 5.69 Å². The van der Waals surface area contributed by atoms with Crippen molar-refractivity contribution in [3.05, 3.63) is 18.2 Å². The molecule has 1 aliphatic carbocycles. The second kappa shape index (κ2) is 5.10. The molecule has 1 aromatic heterocycles. The summed E-state index contributed by atoms with van der Waals surface area (Å²) in [5.74, 6) is 0.0820. The first-order chi connectivity index (χ1) is 8.84. The quantitative estimate of drug-likeness (QED) is 0.853. The summed E-state index contributed by atoms with van der Waals surface area (Å²) in [4.78, 5) is 23.4. The first kappa shape index (κ1) is 11.7. The molecule has 18 heavy (non-hydrogen) atoms. The Kier molecular flexibility index (Phi) is 3.32. The van der Waals surface area contributed by atoms with E-state index in [0.717, 1.165) is 32.2 Å². The molecule has 2 heterocycles. The van der Waals surface area contributed by atoms with Crippen molar-refractivity contribution in [3.8, 4) is 0 Å². The second-order valence-corrected chi connectivity index (χ2v) is 5.23. The molecule has 1 saturated carbocycles. The summed E-state index contributed by atoms with van der Waals surface area (Å²) in [5.41, 5.74) is 0.601. The lowest BCUT2D eigenvalue weighted by atomic mass is 10.2. The molecule has 2 aliphatic rings. The van der Waals surface area contributed by atoms with E-state index in [-0.39, 0.29) is 5.91 Å². The van der Waals surface area contributed by atoms with Gasteiger partial charge in [-0.1, -0.05) is 12.8 Å². The number of imidazole rings is 1. The largest absolute Gasteiger partial charge is 0.341 e. The summed E-state index contributed by atoms with van der Waals surface area (Å²) in [6.07, 6.45) is 8.59. The molecule has 1 saturated heterocycles. The number of aromatic amines is 1. The molecule has 1 N–H and O–H groups in total. The van der Waals surface area contributed by atoms with Crippen LogP contribution in [-0.4, -0.2) is 57.9 Å². The first-order valence-corrected chi connectivity index (χ1v) is 6.86. The third-order valence-electron chi connectivity index (χ3n) is 4.17. The minimum absolute atomic E-state index is 0.0820. The number of amides is 1. The molecule has 0 spiro atoms. The van der Waals surface area contributed by atoms with Crippen molar-refractivity contribution in [2.24, 2.45) is 0 Å². The average Bonchev–Trinajstić information content (AvgIpc) is 3.11. The average molecular weight is 248 g/mol. The van der Waals surface area contributed by atoms with Crippen LogP contribution < -0.4 is 0 Å². The van der Waals surface area contributed by atoms with Crippen LogP contribution in [0.2, 0.25) is 0 Å². The second-order valence-electron chi connectivity index (χ2n) is 5.23. The fraction of sp³-hybridized carbons (Fsp3) is 0.692. The molecule has 0 atom stereocenters. The molecule has 0 aromatic carbocycles. The van der Waals surface area contributed by atoms with Crippen molar-refractivity contribution < 1.29 is 4.79 Å². The summed E-state index contributed by atoms with van der Waals surface area (Å²) in [6.45, 7) is 3.72. The van der Waals surface area contributed by atoms with Gasteiger partial charge < -0.3 is 9.88 Å². The molecule has 0 bridgehead atoms. The minimum atomic E-state index is 0.0820. The van der Waals surface area contributed by atoms with Crippen LogP contribution in [0.3, 0.4) is 0 Å². The normalized spacial score (nSPS) is 22.6. The smallest absolute Gasteiger partial charge is 0.272 e. The van der Waals surface area contributed by atoms with Gasteiger partial charge in [0, 0.05) is 32.2 Å². The van der Waals surface area contributed by atoms with Crippen LogP contribution in [0.15, 0.2) is 12.5 Å². The molecule has 1 amide bonds. The maximum atomic E-state index is 12.1. The SMILES string of the molecule is O=C(c1cnc[nH]1)N1CCN(C2CCCC2)CC1. The molecule has 98 valence electrons. The Morgan fingerprint density at radius 2 is 1.94 bits per heavy atom. The molecule has 0 unspecified atom stereocenters. The van der Waals surface area contributed by atoms with E-state index >= 15 is 0 Å². The van der Waals surface area contributed by atoms with Crippen molar-refractivity contribution >= 4 is 5.91 Å². The Bertz CT molecular complexity index is 389. The van der Waals surface area contributed by atoms with E-state index in [4.69, 9.17) is 0 Å². The number of H-pyrrole nitrogens is 1. The number of rotatable bonds is 2. The number of carbonyl (C=O) groups is 1. The number of carbonyl (C=O) groups excluding carboxylic acids is 1. The van der Waals surface area contributed by atoms with Crippen molar-refractivity contribution in [1.82, 2.24) is 19.8 Å². The molecule has 5 nitrogen and oxygen atoms in total. The topological polar surface area (TPSA) is 52.2 Å². The van der Waals surface area contributed by atoms with Crippen LogP contribution in [0.5, 0.6) is 0 Å². The van der Waals surface area contributed by atoms with Crippen LogP contribution in [0.25, 0.3) is 0 Å². The van der Waals surface area contributed by atoms with Crippen LogP contribution in [-0.2, 0) is 0 Å². The zero-order chi connectivity index (χ0) is 12.4. The van der Waals surface area contributed by atoms with E-state index < -0.39 is 0 Å². The van der Waals surface area contributed by atoms with Gasteiger partial charge in [0.05, 0.1) is 12.5 Å². The highest BCUT2D eigenvalue weighted by Gasteiger charge is 2.28. The minimum Gasteiger partial charge on any atom is -0.341 e. The zero-order valence-electron chi connectivity index (χ0n) is 10.6. The summed E-state index contributed by atoms with van der Waals surface area (Å²) in [7, 11) is 0. The molecule has 0 radical (unpaired) electrons. The predicted octanol–water partition coefficient (Wildman–Crippen LogP) is 1.11. The Balaban J connectivity index is 1.55. The number of hydrogen-bond acceptors (Lipinski definition) is 3. The van der Waals surface area contributed by atoms with Gasteiger partial charge in [-0.2, -0.15) is 0 Å². The number of aromatic nitrogens is 2. The molecule has 1 aliphatic heterocycles. The molecule has 3 rings (SSSR count). The molecule has 5 heteroatoms. The number of piperazine rings is 1. The lowest BCUT2D eigenvalue weighted by molar-refractivity contribution is 0.0568. The van der Waals surface area contributed by atoms with Gasteiger partial charge in [-0.25, -0.2) is 4.98 Å². The summed E-state index contributed by atoms with van der Waals surface area (Å²) in [5, 5.41) is 0. The highest BCUT2D eigenvalue weighted by molar-refractivity contribution is 5.92. The standard InChI is InChI=1S/C13H20N4O/c18-13(12-9-14-10-15-12)17-7-5-16(6-8-17)11-3-1-2-4-11/h9-11H,1-8H2,(H,14,15). The third kappa shape index (κ3) is 2.27. The van der Waals surface area contributed by atoms with E-state index in [9.17, 15) is 4.79 Å². The first-order valence-electron chi connectivity index (χ1n) is 6.86. The highest BCUT2D eigenvalue weighted by Crippen LogP contribution is 2.24. The molecule has 1 aromatic rings. The van der Waals surface area contributed by atoms with Crippen molar-refractivity contribution in [1.29, 1.82) is 0 Å².